The minimum atomic E-state index is -4.58. The summed E-state index contributed by atoms with van der Waals surface area (Å²) in [5, 5.41) is 0.327. The van der Waals surface area contributed by atoms with E-state index in [9.17, 15) is 18.0 Å². The molecule has 1 atom stereocenters. The third-order valence-electron chi connectivity index (χ3n) is 3.84. The number of carbonyl (C=O) groups is 1. The van der Waals surface area contributed by atoms with Gasteiger partial charge >= 0.3 is 12.1 Å². The number of carbonyl (C=O) groups excluding carboxylic acids is 1. The fourth-order valence-corrected chi connectivity index (χ4v) is 2.90. The van der Waals surface area contributed by atoms with Crippen LogP contribution in [0, 0.1) is 6.92 Å². The smallest absolute Gasteiger partial charge is 0.433 e. The molecule has 5 nitrogen and oxygen atoms in total. The van der Waals surface area contributed by atoms with Gasteiger partial charge in [0.25, 0.3) is 0 Å². The van der Waals surface area contributed by atoms with Crippen molar-refractivity contribution in [2.75, 3.05) is 13.7 Å². The van der Waals surface area contributed by atoms with Gasteiger partial charge in [-0.2, -0.15) is 13.2 Å². The van der Waals surface area contributed by atoms with Gasteiger partial charge in [-0.15, -0.1) is 0 Å². The summed E-state index contributed by atoms with van der Waals surface area (Å²) in [5.41, 5.74) is -0.938. The van der Waals surface area contributed by atoms with Gasteiger partial charge in [0.2, 0.25) is 0 Å². The highest BCUT2D eigenvalue weighted by Crippen LogP contribution is 2.34. The van der Waals surface area contributed by atoms with Crippen molar-refractivity contribution in [3.63, 3.8) is 0 Å². The predicted molar refractivity (Wildman–Crippen MR) is 91.2 cm³/mol. The zero-order valence-electron chi connectivity index (χ0n) is 15.7. The van der Waals surface area contributed by atoms with E-state index in [-0.39, 0.29) is 23.9 Å². The molecule has 2 aromatic heterocycles. The van der Waals surface area contributed by atoms with E-state index in [1.165, 1.54) is 13.2 Å². The van der Waals surface area contributed by atoms with Crippen LogP contribution < -0.4 is 0 Å². The third-order valence-corrected chi connectivity index (χ3v) is 3.84. The lowest BCUT2D eigenvalue weighted by Crippen LogP contribution is -2.24. The van der Waals surface area contributed by atoms with Crippen LogP contribution in [0.2, 0.25) is 0 Å². The zero-order chi connectivity index (χ0) is 19.9. The second-order valence-corrected chi connectivity index (χ2v) is 7.20. The van der Waals surface area contributed by atoms with Crippen molar-refractivity contribution in [3.05, 3.63) is 29.1 Å². The number of esters is 1. The van der Waals surface area contributed by atoms with Crippen molar-refractivity contribution in [1.29, 1.82) is 0 Å². The third kappa shape index (κ3) is 4.00. The van der Waals surface area contributed by atoms with E-state index >= 15 is 0 Å². The molecule has 2 aromatic rings. The molecule has 0 aliphatic heterocycles. The minimum absolute atomic E-state index is 0.0859. The van der Waals surface area contributed by atoms with E-state index in [1.54, 1.807) is 39.2 Å². The van der Waals surface area contributed by atoms with Crippen LogP contribution in [0.3, 0.4) is 0 Å². The Hall–Kier alpha value is -2.09. The molecule has 0 aliphatic carbocycles. The molecule has 0 radical (unpaired) electrons. The lowest BCUT2D eigenvalue weighted by Gasteiger charge is -2.20. The largest absolute Gasteiger partial charge is 0.456 e. The molecule has 0 N–H and O–H groups in total. The predicted octanol–water partition coefficient (Wildman–Crippen LogP) is 4.53. The summed E-state index contributed by atoms with van der Waals surface area (Å²) in [6.45, 7) is 8.90. The second kappa shape index (κ2) is 6.90. The van der Waals surface area contributed by atoms with Crippen molar-refractivity contribution in [1.82, 2.24) is 9.55 Å². The van der Waals surface area contributed by atoms with Crippen molar-refractivity contribution < 1.29 is 27.4 Å². The van der Waals surface area contributed by atoms with Gasteiger partial charge in [-0.3, -0.25) is 0 Å². The molecule has 26 heavy (non-hydrogen) atoms. The van der Waals surface area contributed by atoms with Gasteiger partial charge in [0.05, 0.1) is 18.2 Å². The van der Waals surface area contributed by atoms with E-state index in [4.69, 9.17) is 9.47 Å². The summed E-state index contributed by atoms with van der Waals surface area (Å²) < 4.78 is 51.4. The molecule has 0 bridgehead atoms. The highest BCUT2D eigenvalue weighted by Gasteiger charge is 2.34. The Bertz CT molecular complexity index is 820. The zero-order valence-corrected chi connectivity index (χ0v) is 15.7. The molecule has 1 unspecified atom stereocenters. The maximum atomic E-state index is 13.1. The first kappa shape index (κ1) is 20.2. The number of rotatable bonds is 4. The Morgan fingerprint density at radius 3 is 2.38 bits per heavy atom. The van der Waals surface area contributed by atoms with E-state index in [0.29, 0.717) is 11.1 Å². The van der Waals surface area contributed by atoms with Gasteiger partial charge in [-0.25, -0.2) is 9.78 Å². The summed E-state index contributed by atoms with van der Waals surface area (Å²) in [7, 11) is 1.50. The molecule has 0 aromatic carbocycles. The maximum Gasteiger partial charge on any atom is 0.433 e. The Kier molecular flexibility index (Phi) is 5.37. The molecule has 0 aliphatic rings. The van der Waals surface area contributed by atoms with Gasteiger partial charge in [0, 0.05) is 18.2 Å². The molecule has 0 spiro atoms. The molecule has 0 fully saturated rings. The van der Waals surface area contributed by atoms with Gasteiger partial charge in [-0.1, -0.05) is 0 Å². The van der Waals surface area contributed by atoms with Crippen LogP contribution in [0.15, 0.2) is 12.1 Å². The molecule has 2 rings (SSSR count). The Morgan fingerprint density at radius 1 is 1.27 bits per heavy atom. The molecule has 0 amide bonds. The number of methoxy groups -OCH3 is 1. The number of ether oxygens (including phenoxy) is 2. The number of fused-ring (bicyclic) bond motifs is 1. The molecular weight excluding hydrogens is 349 g/mol. The van der Waals surface area contributed by atoms with Gasteiger partial charge in [0.15, 0.2) is 0 Å². The fourth-order valence-electron chi connectivity index (χ4n) is 2.90. The SMILES string of the molecule is COCC(C)n1c(C)c(C(=O)OC(C)(C)C)c2ccc(C(F)(F)F)nc21. The Balaban J connectivity index is 2.73. The fraction of sp³-hybridized carbons (Fsp3) is 0.556. The monoisotopic (exact) mass is 372 g/mol. The van der Waals surface area contributed by atoms with Crippen LogP contribution in [-0.2, 0) is 15.7 Å². The van der Waals surface area contributed by atoms with E-state index in [0.717, 1.165) is 6.07 Å². The average molecular weight is 372 g/mol. The standard InChI is InChI=1S/C18H23F3N2O3/c1-10(9-25-6)23-11(2)14(16(24)26-17(3,4)5)12-7-8-13(18(19,20)21)22-15(12)23/h7-8,10H,9H2,1-6H3. The first-order valence-electron chi connectivity index (χ1n) is 8.18. The number of aromatic nitrogens is 2. The minimum Gasteiger partial charge on any atom is -0.456 e. The van der Waals surface area contributed by atoms with Crippen molar-refractivity contribution in [2.45, 2.75) is 52.4 Å². The topological polar surface area (TPSA) is 53.4 Å². The number of pyridine rings is 1. The molecular formula is C18H23F3N2O3. The summed E-state index contributed by atoms with van der Waals surface area (Å²) in [4.78, 5) is 16.4. The lowest BCUT2D eigenvalue weighted by atomic mass is 10.1. The molecule has 2 heterocycles. The van der Waals surface area contributed by atoms with Gasteiger partial charge in [0.1, 0.15) is 16.9 Å². The second-order valence-electron chi connectivity index (χ2n) is 7.20. The summed E-state index contributed by atoms with van der Waals surface area (Å²) in [6.07, 6.45) is -4.58. The molecule has 8 heteroatoms. The van der Waals surface area contributed by atoms with Gasteiger partial charge in [-0.05, 0) is 46.8 Å². The average Bonchev–Trinajstić information content (AvgIpc) is 2.75. The number of halogens is 3. The molecule has 0 saturated heterocycles. The maximum absolute atomic E-state index is 13.1. The first-order valence-corrected chi connectivity index (χ1v) is 8.18. The number of nitrogens with zero attached hydrogens (tertiary/aromatic N) is 2. The van der Waals surface area contributed by atoms with E-state index in [2.05, 4.69) is 4.98 Å². The van der Waals surface area contributed by atoms with Crippen LogP contribution in [0.1, 0.15) is 55.5 Å². The van der Waals surface area contributed by atoms with Crippen molar-refractivity contribution in [2.24, 2.45) is 0 Å². The van der Waals surface area contributed by atoms with Crippen LogP contribution in [-0.4, -0.2) is 34.8 Å². The van der Waals surface area contributed by atoms with Crippen LogP contribution in [0.5, 0.6) is 0 Å². The highest BCUT2D eigenvalue weighted by molar-refractivity contribution is 6.05. The normalized spacial score (nSPS) is 13.9. The van der Waals surface area contributed by atoms with Crippen LogP contribution in [0.25, 0.3) is 11.0 Å². The number of alkyl halides is 3. The highest BCUT2D eigenvalue weighted by atomic mass is 19.4. The summed E-state index contributed by atoms with van der Waals surface area (Å²) in [5.74, 6) is -0.593. The lowest BCUT2D eigenvalue weighted by molar-refractivity contribution is -0.141. The van der Waals surface area contributed by atoms with Crippen molar-refractivity contribution in [3.8, 4) is 0 Å². The number of hydrogen-bond acceptors (Lipinski definition) is 4. The first-order chi connectivity index (χ1) is 11.9. The number of hydrogen-bond donors (Lipinski definition) is 0. The van der Waals surface area contributed by atoms with Crippen LogP contribution in [0.4, 0.5) is 13.2 Å². The Labute approximate surface area is 150 Å². The summed E-state index contributed by atoms with van der Waals surface area (Å²) >= 11 is 0. The van der Waals surface area contributed by atoms with Gasteiger partial charge < -0.3 is 14.0 Å². The van der Waals surface area contributed by atoms with Crippen LogP contribution >= 0.6 is 0 Å². The molecule has 0 saturated carbocycles. The Morgan fingerprint density at radius 2 is 1.88 bits per heavy atom. The molecule has 144 valence electrons. The van der Waals surface area contributed by atoms with Crippen molar-refractivity contribution >= 4 is 17.0 Å². The van der Waals surface area contributed by atoms with E-state index in [1.807, 2.05) is 0 Å². The quantitative estimate of drug-likeness (QED) is 0.740. The van der Waals surface area contributed by atoms with E-state index < -0.39 is 23.4 Å². The summed E-state index contributed by atoms with van der Waals surface area (Å²) in [6, 6.07) is 1.84.